The van der Waals surface area contributed by atoms with E-state index < -0.39 is 0 Å². The maximum absolute atomic E-state index is 4.58. The average molecular weight is 257 g/mol. The Morgan fingerprint density at radius 3 is 2.74 bits per heavy atom. The van der Waals surface area contributed by atoms with E-state index in [1.54, 1.807) is 0 Å². The Hall–Kier alpha value is -1.61. The van der Waals surface area contributed by atoms with E-state index in [9.17, 15) is 0 Å². The number of aryl methyl sites for hydroxylation is 1. The van der Waals surface area contributed by atoms with Gasteiger partial charge < -0.3 is 5.32 Å². The van der Waals surface area contributed by atoms with Gasteiger partial charge in [-0.3, -0.25) is 0 Å². The van der Waals surface area contributed by atoms with Crippen molar-refractivity contribution in [3.8, 4) is 5.69 Å². The van der Waals surface area contributed by atoms with Crippen molar-refractivity contribution in [1.82, 2.24) is 15.1 Å². The summed E-state index contributed by atoms with van der Waals surface area (Å²) in [7, 11) is 0. The topological polar surface area (TPSA) is 29.9 Å². The van der Waals surface area contributed by atoms with Gasteiger partial charge in [0.05, 0.1) is 17.6 Å². The fraction of sp³-hybridized carbons (Fsp3) is 0.438. The molecule has 1 N–H and O–H groups in total. The Morgan fingerprint density at radius 2 is 2.11 bits per heavy atom. The predicted octanol–water partition coefficient (Wildman–Crippen LogP) is 3.41. The second-order valence-electron chi connectivity index (χ2n) is 5.24. The SMILES string of the molecule is CCNCc1cnn(-c2cccc(C)c2)c1C(C)C. The minimum Gasteiger partial charge on any atom is -0.313 e. The lowest BCUT2D eigenvalue weighted by molar-refractivity contribution is 0.689. The highest BCUT2D eigenvalue weighted by atomic mass is 15.3. The quantitative estimate of drug-likeness (QED) is 0.889. The van der Waals surface area contributed by atoms with Gasteiger partial charge in [-0.05, 0) is 37.1 Å². The zero-order chi connectivity index (χ0) is 13.8. The molecule has 19 heavy (non-hydrogen) atoms. The van der Waals surface area contributed by atoms with Crippen LogP contribution < -0.4 is 5.32 Å². The van der Waals surface area contributed by atoms with Crippen LogP contribution in [-0.2, 0) is 6.54 Å². The summed E-state index contributed by atoms with van der Waals surface area (Å²) in [4.78, 5) is 0. The molecular weight excluding hydrogens is 234 g/mol. The molecule has 1 aromatic heterocycles. The molecule has 0 radical (unpaired) electrons. The zero-order valence-electron chi connectivity index (χ0n) is 12.3. The first-order valence-corrected chi connectivity index (χ1v) is 6.98. The van der Waals surface area contributed by atoms with E-state index >= 15 is 0 Å². The number of nitrogens with zero attached hydrogens (tertiary/aromatic N) is 2. The van der Waals surface area contributed by atoms with Gasteiger partial charge >= 0.3 is 0 Å². The number of rotatable bonds is 5. The predicted molar refractivity (Wildman–Crippen MR) is 79.8 cm³/mol. The molecule has 1 heterocycles. The fourth-order valence-corrected chi connectivity index (χ4v) is 2.37. The third kappa shape index (κ3) is 3.04. The highest BCUT2D eigenvalue weighted by Gasteiger charge is 2.15. The van der Waals surface area contributed by atoms with Gasteiger partial charge in [-0.1, -0.05) is 32.9 Å². The lowest BCUT2D eigenvalue weighted by atomic mass is 10.1. The smallest absolute Gasteiger partial charge is 0.0651 e. The molecule has 0 unspecified atom stereocenters. The van der Waals surface area contributed by atoms with Crippen LogP contribution in [0.2, 0.25) is 0 Å². The van der Waals surface area contributed by atoms with Crippen LogP contribution in [0.3, 0.4) is 0 Å². The van der Waals surface area contributed by atoms with Gasteiger partial charge in [0.2, 0.25) is 0 Å². The first kappa shape index (κ1) is 13.8. The molecule has 3 nitrogen and oxygen atoms in total. The number of aromatic nitrogens is 2. The summed E-state index contributed by atoms with van der Waals surface area (Å²) in [6.45, 7) is 10.5. The minimum atomic E-state index is 0.455. The highest BCUT2D eigenvalue weighted by molar-refractivity contribution is 5.38. The lowest BCUT2D eigenvalue weighted by Gasteiger charge is -2.13. The Bertz CT molecular complexity index is 541. The summed E-state index contributed by atoms with van der Waals surface area (Å²) in [5.41, 5.74) is 4.99. The number of hydrogen-bond donors (Lipinski definition) is 1. The molecular formula is C16H23N3. The van der Waals surface area contributed by atoms with Crippen molar-refractivity contribution in [3.05, 3.63) is 47.3 Å². The summed E-state index contributed by atoms with van der Waals surface area (Å²) in [5.74, 6) is 0.455. The van der Waals surface area contributed by atoms with Crippen LogP contribution in [0.15, 0.2) is 30.5 Å². The fourth-order valence-electron chi connectivity index (χ4n) is 2.37. The lowest BCUT2D eigenvalue weighted by Crippen LogP contribution is -2.14. The van der Waals surface area contributed by atoms with Crippen LogP contribution in [0.25, 0.3) is 5.69 Å². The first-order valence-electron chi connectivity index (χ1n) is 6.98. The minimum absolute atomic E-state index is 0.455. The number of hydrogen-bond acceptors (Lipinski definition) is 2. The standard InChI is InChI=1S/C16H23N3/c1-5-17-10-14-11-18-19(16(14)12(2)3)15-8-6-7-13(4)9-15/h6-9,11-12,17H,5,10H2,1-4H3. The second kappa shape index (κ2) is 6.02. The molecule has 1 aromatic carbocycles. The Morgan fingerprint density at radius 1 is 1.32 bits per heavy atom. The van der Waals surface area contributed by atoms with Crippen LogP contribution >= 0.6 is 0 Å². The Balaban J connectivity index is 2.43. The highest BCUT2D eigenvalue weighted by Crippen LogP contribution is 2.23. The van der Waals surface area contributed by atoms with Crippen molar-refractivity contribution >= 4 is 0 Å². The maximum Gasteiger partial charge on any atom is 0.0651 e. The van der Waals surface area contributed by atoms with E-state index in [1.165, 1.54) is 16.8 Å². The number of benzene rings is 1. The van der Waals surface area contributed by atoms with E-state index in [2.05, 4.69) is 67.1 Å². The molecule has 0 aliphatic carbocycles. The first-order chi connectivity index (χ1) is 9.13. The van der Waals surface area contributed by atoms with Gasteiger partial charge in [-0.2, -0.15) is 5.10 Å². The van der Waals surface area contributed by atoms with Gasteiger partial charge in [0, 0.05) is 12.1 Å². The normalized spacial score (nSPS) is 11.2. The maximum atomic E-state index is 4.58. The van der Waals surface area contributed by atoms with Gasteiger partial charge in [-0.25, -0.2) is 4.68 Å². The second-order valence-corrected chi connectivity index (χ2v) is 5.24. The molecule has 102 valence electrons. The van der Waals surface area contributed by atoms with Crippen LogP contribution in [0.1, 0.15) is 43.5 Å². The number of nitrogens with one attached hydrogen (secondary N) is 1. The van der Waals surface area contributed by atoms with Crippen LogP contribution in [0.5, 0.6) is 0 Å². The molecule has 0 amide bonds. The molecule has 0 aliphatic heterocycles. The zero-order valence-corrected chi connectivity index (χ0v) is 12.3. The van der Waals surface area contributed by atoms with E-state index in [1.807, 2.05) is 6.20 Å². The third-order valence-electron chi connectivity index (χ3n) is 3.24. The van der Waals surface area contributed by atoms with Gasteiger partial charge in [-0.15, -0.1) is 0 Å². The molecule has 0 saturated carbocycles. The van der Waals surface area contributed by atoms with Crippen molar-refractivity contribution in [2.75, 3.05) is 6.54 Å². The molecule has 0 spiro atoms. The summed E-state index contributed by atoms with van der Waals surface area (Å²) in [5, 5.41) is 7.96. The summed E-state index contributed by atoms with van der Waals surface area (Å²) in [6, 6.07) is 8.49. The molecule has 3 heteroatoms. The van der Waals surface area contributed by atoms with Crippen molar-refractivity contribution in [2.45, 2.75) is 40.2 Å². The molecule has 0 atom stereocenters. The summed E-state index contributed by atoms with van der Waals surface area (Å²) < 4.78 is 2.07. The summed E-state index contributed by atoms with van der Waals surface area (Å²) in [6.07, 6.45) is 1.99. The molecule has 0 aliphatic rings. The van der Waals surface area contributed by atoms with Gasteiger partial charge in [0.1, 0.15) is 0 Å². The van der Waals surface area contributed by atoms with Crippen LogP contribution in [0, 0.1) is 6.92 Å². The van der Waals surface area contributed by atoms with E-state index in [-0.39, 0.29) is 0 Å². The molecule has 2 aromatic rings. The van der Waals surface area contributed by atoms with E-state index in [4.69, 9.17) is 0 Å². The summed E-state index contributed by atoms with van der Waals surface area (Å²) >= 11 is 0. The average Bonchev–Trinajstić information content (AvgIpc) is 2.80. The van der Waals surface area contributed by atoms with Crippen LogP contribution in [0.4, 0.5) is 0 Å². The van der Waals surface area contributed by atoms with Crippen molar-refractivity contribution in [3.63, 3.8) is 0 Å². The van der Waals surface area contributed by atoms with Crippen molar-refractivity contribution < 1.29 is 0 Å². The van der Waals surface area contributed by atoms with Gasteiger partial charge in [0.15, 0.2) is 0 Å². The Kier molecular flexibility index (Phi) is 4.38. The monoisotopic (exact) mass is 257 g/mol. The van der Waals surface area contributed by atoms with E-state index in [0.717, 1.165) is 18.8 Å². The molecule has 0 bridgehead atoms. The van der Waals surface area contributed by atoms with Crippen molar-refractivity contribution in [1.29, 1.82) is 0 Å². The van der Waals surface area contributed by atoms with E-state index in [0.29, 0.717) is 5.92 Å². The molecule has 0 fully saturated rings. The van der Waals surface area contributed by atoms with Crippen LogP contribution in [-0.4, -0.2) is 16.3 Å². The largest absolute Gasteiger partial charge is 0.313 e. The molecule has 2 rings (SSSR count). The molecule has 0 saturated heterocycles. The Labute approximate surface area is 115 Å². The third-order valence-corrected chi connectivity index (χ3v) is 3.24. The van der Waals surface area contributed by atoms with Gasteiger partial charge in [0.25, 0.3) is 0 Å². The van der Waals surface area contributed by atoms with Crippen molar-refractivity contribution in [2.24, 2.45) is 0 Å².